The first-order chi connectivity index (χ1) is 13.2. The quantitative estimate of drug-likeness (QED) is 0.340. The molecule has 7 heteroatoms. The van der Waals surface area contributed by atoms with Crippen molar-refractivity contribution in [2.24, 2.45) is 10.9 Å². The van der Waals surface area contributed by atoms with Crippen molar-refractivity contribution in [1.29, 1.82) is 0 Å². The van der Waals surface area contributed by atoms with Crippen LogP contribution in [0.3, 0.4) is 0 Å². The molecule has 3 fully saturated rings. The standard InChI is InChI=1S/C21H40N4O2.HI/c1-4-22-21(23-15-18(24(2)3)17-9-6-5-7-10-17)25-12-14-27-20(16-25)19-11-8-13-26-19;/h17-20H,4-16H2,1-3H3,(H,22,23);1H. The lowest BCUT2D eigenvalue weighted by atomic mass is 9.83. The van der Waals surface area contributed by atoms with Gasteiger partial charge in [-0.15, -0.1) is 24.0 Å². The molecule has 2 heterocycles. The predicted molar refractivity (Wildman–Crippen MR) is 126 cm³/mol. The number of rotatable bonds is 6. The van der Waals surface area contributed by atoms with Crippen LogP contribution in [0.1, 0.15) is 51.9 Å². The van der Waals surface area contributed by atoms with E-state index in [4.69, 9.17) is 14.5 Å². The Morgan fingerprint density at radius 3 is 2.46 bits per heavy atom. The molecule has 0 bridgehead atoms. The molecular weight excluding hydrogens is 467 g/mol. The lowest BCUT2D eigenvalue weighted by Gasteiger charge is -2.38. The fourth-order valence-electron chi connectivity index (χ4n) is 4.85. The van der Waals surface area contributed by atoms with Crippen molar-refractivity contribution in [3.05, 3.63) is 0 Å². The Bertz CT molecular complexity index is 465. The minimum absolute atomic E-state index is 0. The van der Waals surface area contributed by atoms with E-state index in [2.05, 4.69) is 36.1 Å². The summed E-state index contributed by atoms with van der Waals surface area (Å²) in [4.78, 5) is 9.86. The van der Waals surface area contributed by atoms with E-state index in [1.807, 2.05) is 0 Å². The lowest BCUT2D eigenvalue weighted by molar-refractivity contribution is -0.0817. The maximum atomic E-state index is 6.02. The zero-order chi connectivity index (χ0) is 19.1. The van der Waals surface area contributed by atoms with E-state index < -0.39 is 0 Å². The summed E-state index contributed by atoms with van der Waals surface area (Å²) in [6, 6.07) is 0.536. The molecule has 3 unspecified atom stereocenters. The van der Waals surface area contributed by atoms with E-state index in [0.717, 1.165) is 64.1 Å². The summed E-state index contributed by atoms with van der Waals surface area (Å²) in [5.41, 5.74) is 0. The van der Waals surface area contributed by atoms with Gasteiger partial charge in [-0.2, -0.15) is 0 Å². The number of hydrogen-bond acceptors (Lipinski definition) is 4. The average Bonchev–Trinajstić information content (AvgIpc) is 3.23. The van der Waals surface area contributed by atoms with E-state index in [9.17, 15) is 0 Å². The van der Waals surface area contributed by atoms with Crippen molar-refractivity contribution in [2.75, 3.05) is 53.5 Å². The van der Waals surface area contributed by atoms with Crippen molar-refractivity contribution in [2.45, 2.75) is 70.1 Å². The Kier molecular flexibility index (Phi) is 10.8. The molecule has 1 N–H and O–H groups in total. The number of halogens is 1. The Labute approximate surface area is 188 Å². The molecule has 0 aromatic rings. The first-order valence-corrected chi connectivity index (χ1v) is 11.1. The molecule has 28 heavy (non-hydrogen) atoms. The van der Waals surface area contributed by atoms with E-state index in [1.54, 1.807) is 0 Å². The van der Waals surface area contributed by atoms with Gasteiger partial charge in [-0.05, 0) is 52.6 Å². The summed E-state index contributed by atoms with van der Waals surface area (Å²) in [6.07, 6.45) is 9.58. The van der Waals surface area contributed by atoms with Crippen LogP contribution in [0, 0.1) is 5.92 Å². The summed E-state index contributed by atoms with van der Waals surface area (Å²) in [5.74, 6) is 1.83. The largest absolute Gasteiger partial charge is 0.375 e. The van der Waals surface area contributed by atoms with Crippen LogP contribution in [0.25, 0.3) is 0 Å². The van der Waals surface area contributed by atoms with Gasteiger partial charge < -0.3 is 24.6 Å². The summed E-state index contributed by atoms with van der Waals surface area (Å²) < 4.78 is 11.9. The lowest BCUT2D eigenvalue weighted by Crippen LogP contribution is -2.53. The number of nitrogens with one attached hydrogen (secondary N) is 1. The van der Waals surface area contributed by atoms with Crippen LogP contribution >= 0.6 is 24.0 Å². The topological polar surface area (TPSA) is 49.3 Å². The molecule has 0 radical (unpaired) electrons. The number of aliphatic imine (C=N–C) groups is 1. The molecule has 164 valence electrons. The highest BCUT2D eigenvalue weighted by molar-refractivity contribution is 14.0. The minimum atomic E-state index is 0. The van der Waals surface area contributed by atoms with Gasteiger partial charge in [0.25, 0.3) is 0 Å². The van der Waals surface area contributed by atoms with Crippen LogP contribution in [0.4, 0.5) is 0 Å². The van der Waals surface area contributed by atoms with Gasteiger partial charge in [0.15, 0.2) is 5.96 Å². The molecule has 3 aliphatic rings. The SMILES string of the molecule is CCNC(=NCC(C1CCCCC1)N(C)C)N1CCOC(C2CCCO2)C1.I. The Balaban J connectivity index is 0.00000280. The average molecular weight is 508 g/mol. The van der Waals surface area contributed by atoms with Gasteiger partial charge in [-0.25, -0.2) is 0 Å². The van der Waals surface area contributed by atoms with Gasteiger partial charge in [0, 0.05) is 32.3 Å². The predicted octanol–water partition coefficient (Wildman–Crippen LogP) is 2.96. The molecule has 1 aliphatic carbocycles. The van der Waals surface area contributed by atoms with Crippen molar-refractivity contribution in [3.63, 3.8) is 0 Å². The molecule has 0 aromatic carbocycles. The zero-order valence-electron chi connectivity index (χ0n) is 18.1. The van der Waals surface area contributed by atoms with E-state index in [1.165, 1.54) is 32.1 Å². The van der Waals surface area contributed by atoms with Crippen LogP contribution in [0.2, 0.25) is 0 Å². The summed E-state index contributed by atoms with van der Waals surface area (Å²) >= 11 is 0. The number of guanidine groups is 1. The van der Waals surface area contributed by atoms with Gasteiger partial charge in [-0.3, -0.25) is 4.99 Å². The third kappa shape index (κ3) is 6.71. The first kappa shape index (κ1) is 24.2. The van der Waals surface area contributed by atoms with Gasteiger partial charge in [0.05, 0.1) is 19.3 Å². The summed E-state index contributed by atoms with van der Waals surface area (Å²) in [7, 11) is 4.42. The fraction of sp³-hybridized carbons (Fsp3) is 0.952. The second kappa shape index (κ2) is 12.5. The maximum absolute atomic E-state index is 6.02. The van der Waals surface area contributed by atoms with Crippen LogP contribution in [-0.4, -0.2) is 87.5 Å². The maximum Gasteiger partial charge on any atom is 0.194 e. The number of morpholine rings is 1. The van der Waals surface area contributed by atoms with Crippen LogP contribution in [0.5, 0.6) is 0 Å². The fourth-order valence-corrected chi connectivity index (χ4v) is 4.85. The second-order valence-corrected chi connectivity index (χ2v) is 8.53. The zero-order valence-corrected chi connectivity index (χ0v) is 20.4. The van der Waals surface area contributed by atoms with Crippen molar-refractivity contribution in [1.82, 2.24) is 15.1 Å². The van der Waals surface area contributed by atoms with Crippen molar-refractivity contribution in [3.8, 4) is 0 Å². The number of hydrogen-bond donors (Lipinski definition) is 1. The van der Waals surface area contributed by atoms with Crippen LogP contribution in [0.15, 0.2) is 4.99 Å². The third-order valence-electron chi connectivity index (χ3n) is 6.39. The van der Waals surface area contributed by atoms with Gasteiger partial charge in [0.2, 0.25) is 0 Å². The monoisotopic (exact) mass is 508 g/mol. The summed E-state index contributed by atoms with van der Waals surface area (Å²) in [5, 5.41) is 3.52. The molecule has 3 atom stereocenters. The molecule has 2 saturated heterocycles. The highest BCUT2D eigenvalue weighted by atomic mass is 127. The van der Waals surface area contributed by atoms with Crippen molar-refractivity contribution >= 4 is 29.9 Å². The number of nitrogens with zero attached hydrogens (tertiary/aromatic N) is 3. The highest BCUT2D eigenvalue weighted by Crippen LogP contribution is 2.28. The number of likely N-dealkylation sites (N-methyl/N-ethyl adjacent to an activating group) is 1. The molecule has 2 aliphatic heterocycles. The van der Waals surface area contributed by atoms with Gasteiger partial charge in [0.1, 0.15) is 6.10 Å². The first-order valence-electron chi connectivity index (χ1n) is 11.1. The van der Waals surface area contributed by atoms with Crippen LogP contribution < -0.4 is 5.32 Å². The van der Waals surface area contributed by atoms with Crippen LogP contribution in [-0.2, 0) is 9.47 Å². The normalized spacial score (nSPS) is 28.3. The summed E-state index contributed by atoms with van der Waals surface area (Å²) in [6.45, 7) is 7.35. The minimum Gasteiger partial charge on any atom is -0.375 e. The van der Waals surface area contributed by atoms with Gasteiger partial charge >= 0.3 is 0 Å². The van der Waals surface area contributed by atoms with E-state index in [-0.39, 0.29) is 36.2 Å². The molecule has 1 saturated carbocycles. The molecule has 0 aromatic heterocycles. The molecule has 3 rings (SSSR count). The van der Waals surface area contributed by atoms with Crippen molar-refractivity contribution < 1.29 is 9.47 Å². The Hall–Kier alpha value is -0.120. The Morgan fingerprint density at radius 2 is 1.82 bits per heavy atom. The second-order valence-electron chi connectivity index (χ2n) is 8.53. The number of ether oxygens (including phenoxy) is 2. The third-order valence-corrected chi connectivity index (χ3v) is 6.39. The smallest absolute Gasteiger partial charge is 0.194 e. The van der Waals surface area contributed by atoms with E-state index in [0.29, 0.717) is 6.04 Å². The van der Waals surface area contributed by atoms with E-state index >= 15 is 0 Å². The highest BCUT2D eigenvalue weighted by Gasteiger charge is 2.32. The molecular formula is C21H41IN4O2. The van der Waals surface area contributed by atoms with Gasteiger partial charge in [-0.1, -0.05) is 19.3 Å². The Morgan fingerprint density at radius 1 is 1.07 bits per heavy atom. The molecule has 6 nitrogen and oxygen atoms in total. The molecule has 0 spiro atoms. The molecule has 0 amide bonds.